The van der Waals surface area contributed by atoms with E-state index in [-0.39, 0.29) is 5.91 Å². The summed E-state index contributed by atoms with van der Waals surface area (Å²) >= 11 is 0. The first-order valence-corrected chi connectivity index (χ1v) is 6.34. The molecule has 1 unspecified atom stereocenters. The van der Waals surface area contributed by atoms with Crippen LogP contribution in [-0.2, 0) is 4.79 Å². The molecule has 4 nitrogen and oxygen atoms in total. The lowest BCUT2D eigenvalue weighted by Crippen LogP contribution is -2.34. The van der Waals surface area contributed by atoms with Gasteiger partial charge in [-0.25, -0.2) is 0 Å². The van der Waals surface area contributed by atoms with Crippen LogP contribution >= 0.6 is 0 Å². The topological polar surface area (TPSA) is 49.8 Å². The van der Waals surface area contributed by atoms with Crippen LogP contribution in [0.1, 0.15) is 6.92 Å². The maximum atomic E-state index is 12.2. The Balaban J connectivity index is 2.43. The van der Waals surface area contributed by atoms with Crippen molar-refractivity contribution in [1.82, 2.24) is 0 Å². The van der Waals surface area contributed by atoms with E-state index in [0.717, 1.165) is 0 Å². The summed E-state index contributed by atoms with van der Waals surface area (Å²) < 4.78 is 5.11. The summed E-state index contributed by atoms with van der Waals surface area (Å²) in [5.74, 6) is 0.340. The molecule has 0 fully saturated rings. The molecule has 0 aliphatic carbocycles. The van der Waals surface area contributed by atoms with Crippen molar-refractivity contribution in [3.63, 3.8) is 0 Å². The van der Waals surface area contributed by atoms with Gasteiger partial charge >= 0.3 is 0 Å². The quantitative estimate of drug-likeness (QED) is 0.930. The molecule has 1 atom stereocenters. The number of para-hydroxylation sites is 1. The molecule has 0 aliphatic rings. The first-order valence-electron chi connectivity index (χ1n) is 6.34. The van der Waals surface area contributed by atoms with Crippen LogP contribution in [0.4, 0.5) is 11.4 Å². The molecule has 0 saturated heterocycles. The molecule has 1 N–H and O–H groups in total. The summed E-state index contributed by atoms with van der Waals surface area (Å²) in [6, 6.07) is 16.3. The SMILES string of the molecule is COc1ccc(N(C(=O)C(C)O)c2ccccc2)cc1. The van der Waals surface area contributed by atoms with Crippen molar-refractivity contribution in [1.29, 1.82) is 0 Å². The zero-order valence-corrected chi connectivity index (χ0v) is 11.5. The molecule has 0 radical (unpaired) electrons. The lowest BCUT2D eigenvalue weighted by atomic mass is 10.2. The fourth-order valence-corrected chi connectivity index (χ4v) is 1.90. The van der Waals surface area contributed by atoms with Crippen molar-refractivity contribution in [3.8, 4) is 5.75 Å². The second kappa shape index (κ2) is 6.21. The van der Waals surface area contributed by atoms with Crippen LogP contribution in [-0.4, -0.2) is 24.2 Å². The zero-order chi connectivity index (χ0) is 14.5. The molecule has 0 bridgehead atoms. The summed E-state index contributed by atoms with van der Waals surface area (Å²) in [5.41, 5.74) is 1.39. The van der Waals surface area contributed by atoms with Crippen LogP contribution < -0.4 is 9.64 Å². The summed E-state index contributed by atoms with van der Waals surface area (Å²) in [6.45, 7) is 1.46. The van der Waals surface area contributed by atoms with Crippen LogP contribution in [0.3, 0.4) is 0 Å². The van der Waals surface area contributed by atoms with Gasteiger partial charge in [-0.15, -0.1) is 0 Å². The molecular weight excluding hydrogens is 254 g/mol. The van der Waals surface area contributed by atoms with E-state index in [9.17, 15) is 9.90 Å². The molecule has 104 valence electrons. The van der Waals surface area contributed by atoms with Crippen LogP contribution in [0, 0.1) is 0 Å². The zero-order valence-electron chi connectivity index (χ0n) is 11.5. The first-order chi connectivity index (χ1) is 9.63. The standard InChI is InChI=1S/C16H17NO3/c1-12(18)16(19)17(13-6-4-3-5-7-13)14-8-10-15(20-2)11-9-14/h3-12,18H,1-2H3. The van der Waals surface area contributed by atoms with Crippen molar-refractivity contribution >= 4 is 17.3 Å². The largest absolute Gasteiger partial charge is 0.497 e. The minimum atomic E-state index is -1.07. The third-order valence-corrected chi connectivity index (χ3v) is 2.92. The van der Waals surface area contributed by atoms with E-state index in [1.54, 1.807) is 31.4 Å². The maximum Gasteiger partial charge on any atom is 0.260 e. The minimum absolute atomic E-state index is 0.374. The number of ether oxygens (including phenoxy) is 1. The van der Waals surface area contributed by atoms with Gasteiger partial charge < -0.3 is 9.84 Å². The number of hydrogen-bond donors (Lipinski definition) is 1. The molecule has 0 heterocycles. The number of rotatable bonds is 4. The Kier molecular flexibility index (Phi) is 4.38. The normalized spacial score (nSPS) is 11.8. The highest BCUT2D eigenvalue weighted by molar-refractivity contribution is 6.02. The Hall–Kier alpha value is -2.33. The molecule has 0 saturated carbocycles. The lowest BCUT2D eigenvalue weighted by Gasteiger charge is -2.24. The van der Waals surface area contributed by atoms with Crippen molar-refractivity contribution in [2.24, 2.45) is 0 Å². The van der Waals surface area contributed by atoms with Gasteiger partial charge in [0.1, 0.15) is 11.9 Å². The number of hydrogen-bond acceptors (Lipinski definition) is 3. The van der Waals surface area contributed by atoms with Crippen LogP contribution in [0.5, 0.6) is 5.75 Å². The number of benzene rings is 2. The Labute approximate surface area is 118 Å². The Morgan fingerprint density at radius 1 is 1.05 bits per heavy atom. The number of methoxy groups -OCH3 is 1. The Morgan fingerprint density at radius 2 is 1.60 bits per heavy atom. The monoisotopic (exact) mass is 271 g/mol. The first kappa shape index (κ1) is 14.1. The smallest absolute Gasteiger partial charge is 0.260 e. The highest BCUT2D eigenvalue weighted by atomic mass is 16.5. The molecule has 1 amide bonds. The van der Waals surface area contributed by atoms with Crippen LogP contribution in [0.25, 0.3) is 0 Å². The van der Waals surface area contributed by atoms with Crippen LogP contribution in [0.2, 0.25) is 0 Å². The van der Waals surface area contributed by atoms with E-state index < -0.39 is 6.10 Å². The fourth-order valence-electron chi connectivity index (χ4n) is 1.90. The molecule has 20 heavy (non-hydrogen) atoms. The van der Waals surface area contributed by atoms with Gasteiger partial charge in [0.05, 0.1) is 7.11 Å². The van der Waals surface area contributed by atoms with E-state index in [1.807, 2.05) is 30.3 Å². The van der Waals surface area contributed by atoms with E-state index >= 15 is 0 Å². The lowest BCUT2D eigenvalue weighted by molar-refractivity contribution is -0.125. The van der Waals surface area contributed by atoms with Gasteiger partial charge in [-0.2, -0.15) is 0 Å². The Bertz CT molecular complexity index is 564. The van der Waals surface area contributed by atoms with Gasteiger partial charge in [-0.3, -0.25) is 9.69 Å². The Morgan fingerprint density at radius 3 is 2.10 bits per heavy atom. The minimum Gasteiger partial charge on any atom is -0.497 e. The second-order valence-electron chi connectivity index (χ2n) is 4.38. The average molecular weight is 271 g/mol. The average Bonchev–Trinajstić information content (AvgIpc) is 2.49. The van der Waals surface area contributed by atoms with Gasteiger partial charge in [0.25, 0.3) is 5.91 Å². The van der Waals surface area contributed by atoms with E-state index in [1.165, 1.54) is 11.8 Å². The number of aliphatic hydroxyl groups is 1. The molecule has 2 aromatic rings. The van der Waals surface area contributed by atoms with Crippen molar-refractivity contribution in [3.05, 3.63) is 54.6 Å². The van der Waals surface area contributed by atoms with Gasteiger partial charge in [0, 0.05) is 11.4 Å². The second-order valence-corrected chi connectivity index (χ2v) is 4.38. The number of aliphatic hydroxyl groups excluding tert-OH is 1. The van der Waals surface area contributed by atoms with Crippen molar-refractivity contribution < 1.29 is 14.6 Å². The number of amides is 1. The third kappa shape index (κ3) is 2.97. The molecule has 2 aromatic carbocycles. The molecule has 0 spiro atoms. The van der Waals surface area contributed by atoms with Gasteiger partial charge in [0.15, 0.2) is 0 Å². The highest BCUT2D eigenvalue weighted by Gasteiger charge is 2.21. The number of carbonyl (C=O) groups excluding carboxylic acids is 1. The van der Waals surface area contributed by atoms with Crippen molar-refractivity contribution in [2.45, 2.75) is 13.0 Å². The predicted octanol–water partition coefficient (Wildman–Crippen LogP) is 2.74. The van der Waals surface area contributed by atoms with E-state index in [4.69, 9.17) is 4.74 Å². The number of carbonyl (C=O) groups is 1. The van der Waals surface area contributed by atoms with Crippen LogP contribution in [0.15, 0.2) is 54.6 Å². The molecule has 0 aromatic heterocycles. The van der Waals surface area contributed by atoms with Crippen molar-refractivity contribution in [2.75, 3.05) is 12.0 Å². The van der Waals surface area contributed by atoms with E-state index in [2.05, 4.69) is 0 Å². The summed E-state index contributed by atoms with van der Waals surface area (Å²) in [4.78, 5) is 13.7. The number of nitrogens with zero attached hydrogens (tertiary/aromatic N) is 1. The molecule has 0 aliphatic heterocycles. The summed E-state index contributed by atoms with van der Waals surface area (Å²) in [5, 5.41) is 9.60. The summed E-state index contributed by atoms with van der Waals surface area (Å²) in [6.07, 6.45) is -1.07. The maximum absolute atomic E-state index is 12.2. The van der Waals surface area contributed by atoms with Gasteiger partial charge in [-0.1, -0.05) is 18.2 Å². The predicted molar refractivity (Wildman–Crippen MR) is 78.3 cm³/mol. The molecule has 4 heteroatoms. The van der Waals surface area contributed by atoms with Gasteiger partial charge in [0.2, 0.25) is 0 Å². The van der Waals surface area contributed by atoms with Gasteiger partial charge in [-0.05, 0) is 43.3 Å². The van der Waals surface area contributed by atoms with E-state index in [0.29, 0.717) is 17.1 Å². The molecule has 2 rings (SSSR count). The third-order valence-electron chi connectivity index (χ3n) is 2.92. The highest BCUT2D eigenvalue weighted by Crippen LogP contribution is 2.27. The molecular formula is C16H17NO3. The number of anilines is 2. The summed E-state index contributed by atoms with van der Waals surface area (Å²) in [7, 11) is 1.59. The fraction of sp³-hybridized carbons (Fsp3) is 0.188.